The number of fused-ring (bicyclic) bond motifs is 1. The van der Waals surface area contributed by atoms with E-state index in [-0.39, 0.29) is 17.6 Å². The molecule has 27 heavy (non-hydrogen) atoms. The van der Waals surface area contributed by atoms with Gasteiger partial charge in [0.25, 0.3) is 0 Å². The van der Waals surface area contributed by atoms with Crippen molar-refractivity contribution >= 4 is 28.8 Å². The van der Waals surface area contributed by atoms with Crippen LogP contribution in [0.4, 0.5) is 0 Å². The highest BCUT2D eigenvalue weighted by Gasteiger charge is 2.36. The van der Waals surface area contributed by atoms with Gasteiger partial charge >= 0.3 is 5.97 Å². The Morgan fingerprint density at radius 1 is 1.07 bits per heavy atom. The zero-order valence-electron chi connectivity index (χ0n) is 15.0. The van der Waals surface area contributed by atoms with E-state index in [0.29, 0.717) is 17.7 Å². The molecule has 2 aromatic carbocycles. The van der Waals surface area contributed by atoms with Crippen LogP contribution in [0.15, 0.2) is 54.6 Å². The van der Waals surface area contributed by atoms with Crippen molar-refractivity contribution in [1.82, 2.24) is 4.90 Å². The van der Waals surface area contributed by atoms with E-state index in [9.17, 15) is 19.5 Å². The third kappa shape index (κ3) is 4.39. The molecule has 2 atom stereocenters. The Labute approximate surface area is 162 Å². The first-order valence-electron chi connectivity index (χ1n) is 8.79. The average molecular weight is 383 g/mol. The SMILES string of the molecule is CC(CSC(=O)c1ccccc1)C(=O)N1Cc2ccccc2CC1C(=O)O. The van der Waals surface area contributed by atoms with Crippen LogP contribution in [-0.2, 0) is 22.6 Å². The Hall–Kier alpha value is -2.60. The molecule has 0 saturated carbocycles. The summed E-state index contributed by atoms with van der Waals surface area (Å²) in [6.45, 7) is 2.03. The van der Waals surface area contributed by atoms with Crippen molar-refractivity contribution in [3.63, 3.8) is 0 Å². The summed E-state index contributed by atoms with van der Waals surface area (Å²) >= 11 is 1.09. The minimum Gasteiger partial charge on any atom is -0.480 e. The zero-order chi connectivity index (χ0) is 19.4. The molecule has 1 aliphatic rings. The standard InChI is InChI=1S/C21H21NO4S/c1-14(13-27-21(26)15-7-3-2-4-8-15)19(23)22-12-17-10-6-5-9-16(17)11-18(22)20(24)25/h2-10,14,18H,11-13H2,1H3,(H,24,25). The fraction of sp³-hybridized carbons (Fsp3) is 0.286. The van der Waals surface area contributed by atoms with Gasteiger partial charge in [-0.05, 0) is 11.1 Å². The second kappa shape index (κ2) is 8.39. The number of carbonyl (C=O) groups is 3. The molecule has 1 heterocycles. The van der Waals surface area contributed by atoms with Crippen LogP contribution in [-0.4, -0.2) is 38.8 Å². The Morgan fingerprint density at radius 3 is 2.37 bits per heavy atom. The maximum absolute atomic E-state index is 12.9. The van der Waals surface area contributed by atoms with Gasteiger partial charge in [-0.15, -0.1) is 0 Å². The van der Waals surface area contributed by atoms with E-state index in [1.54, 1.807) is 31.2 Å². The molecule has 1 aliphatic heterocycles. The number of carbonyl (C=O) groups excluding carboxylic acids is 2. The van der Waals surface area contributed by atoms with Gasteiger partial charge in [0.2, 0.25) is 11.0 Å². The van der Waals surface area contributed by atoms with Crippen molar-refractivity contribution in [2.75, 3.05) is 5.75 Å². The molecule has 0 bridgehead atoms. The zero-order valence-corrected chi connectivity index (χ0v) is 15.8. The lowest BCUT2D eigenvalue weighted by molar-refractivity contribution is -0.152. The van der Waals surface area contributed by atoms with E-state index < -0.39 is 17.9 Å². The summed E-state index contributed by atoms with van der Waals surface area (Å²) in [5.74, 6) is -1.37. The number of carboxylic acids is 1. The fourth-order valence-electron chi connectivity index (χ4n) is 3.19. The molecular weight excluding hydrogens is 362 g/mol. The van der Waals surface area contributed by atoms with Crippen LogP contribution in [0.5, 0.6) is 0 Å². The van der Waals surface area contributed by atoms with E-state index in [1.807, 2.05) is 30.3 Å². The van der Waals surface area contributed by atoms with Crippen LogP contribution in [0.1, 0.15) is 28.4 Å². The van der Waals surface area contributed by atoms with E-state index in [1.165, 1.54) is 4.90 Å². The summed E-state index contributed by atoms with van der Waals surface area (Å²) in [7, 11) is 0. The van der Waals surface area contributed by atoms with Crippen LogP contribution >= 0.6 is 11.8 Å². The van der Waals surface area contributed by atoms with Gasteiger partial charge in [0, 0.05) is 30.2 Å². The molecule has 3 rings (SSSR count). The lowest BCUT2D eigenvalue weighted by atomic mass is 9.93. The lowest BCUT2D eigenvalue weighted by Gasteiger charge is -2.36. The quantitative estimate of drug-likeness (QED) is 0.858. The largest absolute Gasteiger partial charge is 0.480 e. The molecular formula is C21H21NO4S. The predicted octanol–water partition coefficient (Wildman–Crippen LogP) is 3.23. The summed E-state index contributed by atoms with van der Waals surface area (Å²) < 4.78 is 0. The van der Waals surface area contributed by atoms with Gasteiger partial charge in [0.05, 0.1) is 0 Å². The molecule has 2 aromatic rings. The number of benzene rings is 2. The van der Waals surface area contributed by atoms with Crippen molar-refractivity contribution in [3.8, 4) is 0 Å². The number of amides is 1. The van der Waals surface area contributed by atoms with Gasteiger partial charge < -0.3 is 10.0 Å². The highest BCUT2D eigenvalue weighted by molar-refractivity contribution is 8.14. The Kier molecular flexibility index (Phi) is 5.96. The number of nitrogens with zero attached hydrogens (tertiary/aromatic N) is 1. The number of hydrogen-bond donors (Lipinski definition) is 1. The van der Waals surface area contributed by atoms with Gasteiger partial charge in [-0.2, -0.15) is 0 Å². The number of aliphatic carboxylic acids is 1. The van der Waals surface area contributed by atoms with Crippen LogP contribution in [0.3, 0.4) is 0 Å². The highest BCUT2D eigenvalue weighted by atomic mass is 32.2. The summed E-state index contributed by atoms with van der Waals surface area (Å²) in [5.41, 5.74) is 2.54. The topological polar surface area (TPSA) is 74.7 Å². The fourth-order valence-corrected chi connectivity index (χ4v) is 4.03. The first-order chi connectivity index (χ1) is 13.0. The molecule has 0 fully saturated rings. The summed E-state index contributed by atoms with van der Waals surface area (Å²) in [5, 5.41) is 9.49. The molecule has 140 valence electrons. The monoisotopic (exact) mass is 383 g/mol. The van der Waals surface area contributed by atoms with Crippen molar-refractivity contribution in [2.24, 2.45) is 5.92 Å². The van der Waals surface area contributed by atoms with Crippen molar-refractivity contribution in [1.29, 1.82) is 0 Å². The first kappa shape index (κ1) is 19.2. The van der Waals surface area contributed by atoms with Gasteiger partial charge in [0.1, 0.15) is 6.04 Å². The molecule has 0 saturated heterocycles. The average Bonchev–Trinajstić information content (AvgIpc) is 2.70. The Bertz CT molecular complexity index is 852. The number of carboxylic acid groups (broad SMARTS) is 1. The maximum atomic E-state index is 12.9. The predicted molar refractivity (Wildman–Crippen MR) is 105 cm³/mol. The van der Waals surface area contributed by atoms with Crippen LogP contribution < -0.4 is 0 Å². The van der Waals surface area contributed by atoms with Crippen LogP contribution in [0.25, 0.3) is 0 Å². The second-order valence-electron chi connectivity index (χ2n) is 6.66. The van der Waals surface area contributed by atoms with Gasteiger partial charge in [-0.3, -0.25) is 9.59 Å². The van der Waals surface area contributed by atoms with Crippen LogP contribution in [0, 0.1) is 5.92 Å². The first-order valence-corrected chi connectivity index (χ1v) is 9.78. The molecule has 1 N–H and O–H groups in total. The number of thioether (sulfide) groups is 1. The van der Waals surface area contributed by atoms with Gasteiger partial charge in [0.15, 0.2) is 0 Å². The molecule has 0 spiro atoms. The van der Waals surface area contributed by atoms with Crippen molar-refractivity contribution in [3.05, 3.63) is 71.3 Å². The third-order valence-electron chi connectivity index (χ3n) is 4.71. The highest BCUT2D eigenvalue weighted by Crippen LogP contribution is 2.26. The third-order valence-corrected chi connectivity index (χ3v) is 5.88. The summed E-state index contributed by atoms with van der Waals surface area (Å²) in [4.78, 5) is 38.3. The van der Waals surface area contributed by atoms with E-state index >= 15 is 0 Å². The lowest BCUT2D eigenvalue weighted by Crippen LogP contribution is -2.50. The molecule has 2 unspecified atom stereocenters. The maximum Gasteiger partial charge on any atom is 0.326 e. The smallest absolute Gasteiger partial charge is 0.326 e. The van der Waals surface area contributed by atoms with E-state index in [0.717, 1.165) is 22.9 Å². The minimum atomic E-state index is -1.00. The van der Waals surface area contributed by atoms with Crippen molar-refractivity contribution < 1.29 is 19.5 Å². The second-order valence-corrected chi connectivity index (χ2v) is 7.65. The molecule has 0 radical (unpaired) electrons. The Balaban J connectivity index is 1.68. The molecule has 1 amide bonds. The van der Waals surface area contributed by atoms with E-state index in [2.05, 4.69) is 0 Å². The molecule has 0 aliphatic carbocycles. The van der Waals surface area contributed by atoms with Gasteiger partial charge in [-0.1, -0.05) is 73.3 Å². The van der Waals surface area contributed by atoms with Crippen LogP contribution in [0.2, 0.25) is 0 Å². The molecule has 6 heteroatoms. The molecule has 5 nitrogen and oxygen atoms in total. The summed E-state index contributed by atoms with van der Waals surface area (Å²) in [6, 6.07) is 15.6. The van der Waals surface area contributed by atoms with E-state index in [4.69, 9.17) is 0 Å². The van der Waals surface area contributed by atoms with Crippen molar-refractivity contribution in [2.45, 2.75) is 25.9 Å². The molecule has 0 aromatic heterocycles. The number of hydrogen-bond acceptors (Lipinski definition) is 4. The minimum absolute atomic E-state index is 0.0889. The van der Waals surface area contributed by atoms with Gasteiger partial charge in [-0.25, -0.2) is 4.79 Å². The summed E-state index contributed by atoms with van der Waals surface area (Å²) in [6.07, 6.45) is 0.306. The number of rotatable bonds is 5. The normalized spacial score (nSPS) is 17.1. The Morgan fingerprint density at radius 2 is 1.70 bits per heavy atom.